The lowest BCUT2D eigenvalue weighted by molar-refractivity contribution is -0.141. The Kier molecular flexibility index (Phi) is 5.83. The van der Waals surface area contributed by atoms with Gasteiger partial charge < -0.3 is 9.47 Å². The van der Waals surface area contributed by atoms with E-state index in [1.165, 1.54) is 48.5 Å². The van der Waals surface area contributed by atoms with Crippen molar-refractivity contribution in [1.82, 2.24) is 4.98 Å². The van der Waals surface area contributed by atoms with Crippen LogP contribution in [-0.2, 0) is 9.53 Å². The minimum Gasteiger partial charge on any atom is -0.481 e. The monoisotopic (exact) mass is 332 g/mol. The van der Waals surface area contributed by atoms with E-state index in [1.807, 2.05) is 0 Å². The number of methoxy groups -OCH3 is 1. The lowest BCUT2D eigenvalue weighted by Crippen LogP contribution is -2.36. The molecule has 0 aliphatic heterocycles. The molecule has 0 radical (unpaired) electrons. The molecule has 1 aromatic heterocycles. The highest BCUT2D eigenvalue weighted by Crippen LogP contribution is 2.18. The number of pyridine rings is 1. The molecule has 0 saturated heterocycles. The molecule has 24 heavy (non-hydrogen) atoms. The smallest absolute Gasteiger partial charge is 0.326 e. The van der Waals surface area contributed by atoms with Gasteiger partial charge in [-0.05, 0) is 37.3 Å². The van der Waals surface area contributed by atoms with Gasteiger partial charge in [0.2, 0.25) is 5.88 Å². The number of anilines is 1. The Balaban J connectivity index is 2.30. The first kappa shape index (κ1) is 17.4. The van der Waals surface area contributed by atoms with Gasteiger partial charge in [-0.15, -0.1) is 0 Å². The predicted molar refractivity (Wildman–Crippen MR) is 85.5 cm³/mol. The number of carbonyl (C=O) groups is 2. The molecule has 0 fully saturated rings. The average Bonchev–Trinajstić information content (AvgIpc) is 2.60. The van der Waals surface area contributed by atoms with Crippen molar-refractivity contribution >= 4 is 17.6 Å². The molecule has 0 aliphatic carbocycles. The molecule has 7 heteroatoms. The molecule has 126 valence electrons. The Labute approximate surface area is 138 Å². The maximum absolute atomic E-state index is 13.1. The van der Waals surface area contributed by atoms with E-state index in [9.17, 15) is 14.0 Å². The normalized spacial score (nSPS) is 10.1. The number of esters is 1. The molecule has 0 unspecified atom stereocenters. The summed E-state index contributed by atoms with van der Waals surface area (Å²) in [6.45, 7) is 1.59. The third kappa shape index (κ3) is 4.28. The van der Waals surface area contributed by atoms with Crippen molar-refractivity contribution in [2.45, 2.75) is 6.92 Å². The molecule has 6 nitrogen and oxygen atoms in total. The molecular weight excluding hydrogens is 315 g/mol. The van der Waals surface area contributed by atoms with Crippen LogP contribution in [0.25, 0.3) is 0 Å². The Morgan fingerprint density at radius 2 is 1.88 bits per heavy atom. The van der Waals surface area contributed by atoms with Crippen molar-refractivity contribution in [3.8, 4) is 5.88 Å². The Morgan fingerprint density at radius 3 is 2.42 bits per heavy atom. The maximum Gasteiger partial charge on any atom is 0.326 e. The second-order valence-electron chi connectivity index (χ2n) is 4.76. The molecule has 0 atom stereocenters. The summed E-state index contributed by atoms with van der Waals surface area (Å²) in [5.74, 6) is -1.08. The molecule has 0 spiro atoms. The number of nitrogens with zero attached hydrogens (tertiary/aromatic N) is 2. The lowest BCUT2D eigenvalue weighted by atomic mass is 10.2. The molecule has 1 aromatic carbocycles. The first-order valence-electron chi connectivity index (χ1n) is 7.28. The second-order valence-corrected chi connectivity index (χ2v) is 4.76. The van der Waals surface area contributed by atoms with Crippen LogP contribution >= 0.6 is 0 Å². The SMILES string of the molecule is CCOC(=O)CN(C(=O)c1ccc(OC)nc1)c1ccc(F)cc1. The third-order valence-electron chi connectivity index (χ3n) is 3.17. The minimum atomic E-state index is -0.559. The van der Waals surface area contributed by atoms with E-state index in [0.29, 0.717) is 11.6 Å². The quantitative estimate of drug-likeness (QED) is 0.760. The van der Waals surface area contributed by atoms with Crippen LogP contribution in [-0.4, -0.2) is 37.1 Å². The molecule has 0 bridgehead atoms. The maximum atomic E-state index is 13.1. The van der Waals surface area contributed by atoms with E-state index in [0.717, 1.165) is 0 Å². The Hall–Kier alpha value is -2.96. The number of rotatable bonds is 6. The number of ether oxygens (including phenoxy) is 2. The third-order valence-corrected chi connectivity index (χ3v) is 3.17. The van der Waals surface area contributed by atoms with Gasteiger partial charge in [-0.1, -0.05) is 0 Å². The van der Waals surface area contributed by atoms with Crippen molar-refractivity contribution in [2.24, 2.45) is 0 Å². The van der Waals surface area contributed by atoms with Crippen LogP contribution in [0.1, 0.15) is 17.3 Å². The van der Waals surface area contributed by atoms with E-state index in [2.05, 4.69) is 4.98 Å². The molecule has 2 aromatic rings. The van der Waals surface area contributed by atoms with Crippen LogP contribution in [0.4, 0.5) is 10.1 Å². The summed E-state index contributed by atoms with van der Waals surface area (Å²) >= 11 is 0. The predicted octanol–water partition coefficient (Wildman–Crippen LogP) is 2.44. The molecule has 0 aliphatic rings. The summed E-state index contributed by atoms with van der Waals surface area (Å²) in [5, 5.41) is 0. The van der Waals surface area contributed by atoms with Gasteiger partial charge in [-0.3, -0.25) is 14.5 Å². The Morgan fingerprint density at radius 1 is 1.17 bits per heavy atom. The average molecular weight is 332 g/mol. The summed E-state index contributed by atoms with van der Waals surface area (Å²) in [5.41, 5.74) is 0.648. The molecule has 0 N–H and O–H groups in total. The van der Waals surface area contributed by atoms with Crippen molar-refractivity contribution in [3.63, 3.8) is 0 Å². The van der Waals surface area contributed by atoms with Crippen LogP contribution in [0.2, 0.25) is 0 Å². The van der Waals surface area contributed by atoms with Gasteiger partial charge in [-0.25, -0.2) is 9.37 Å². The van der Waals surface area contributed by atoms with Gasteiger partial charge in [0.15, 0.2) is 0 Å². The summed E-state index contributed by atoms with van der Waals surface area (Å²) in [7, 11) is 1.47. The molecule has 0 saturated carbocycles. The molecule has 1 heterocycles. The summed E-state index contributed by atoms with van der Waals surface area (Å²) in [6.07, 6.45) is 1.35. The van der Waals surface area contributed by atoms with Gasteiger partial charge in [-0.2, -0.15) is 0 Å². The fraction of sp³-hybridized carbons (Fsp3) is 0.235. The van der Waals surface area contributed by atoms with Crippen molar-refractivity contribution in [2.75, 3.05) is 25.2 Å². The first-order valence-corrected chi connectivity index (χ1v) is 7.28. The highest BCUT2D eigenvalue weighted by Gasteiger charge is 2.22. The Bertz CT molecular complexity index is 702. The number of carbonyl (C=O) groups excluding carboxylic acids is 2. The van der Waals surface area contributed by atoms with Crippen molar-refractivity contribution in [1.29, 1.82) is 0 Å². The number of amides is 1. The zero-order valence-corrected chi connectivity index (χ0v) is 13.4. The van der Waals surface area contributed by atoms with Gasteiger partial charge in [0.05, 0.1) is 19.3 Å². The fourth-order valence-electron chi connectivity index (χ4n) is 2.02. The van der Waals surface area contributed by atoms with Crippen LogP contribution in [0.3, 0.4) is 0 Å². The highest BCUT2D eigenvalue weighted by atomic mass is 19.1. The van der Waals surface area contributed by atoms with Gasteiger partial charge in [0.1, 0.15) is 12.4 Å². The standard InChI is InChI=1S/C17H17FN2O4/c1-3-24-16(21)11-20(14-7-5-13(18)6-8-14)17(22)12-4-9-15(23-2)19-10-12/h4-10H,3,11H2,1-2H3. The molecular formula is C17H17FN2O4. The summed E-state index contributed by atoms with van der Waals surface area (Å²) < 4.78 is 23.0. The summed E-state index contributed by atoms with van der Waals surface area (Å²) in [4.78, 5) is 29.7. The van der Waals surface area contributed by atoms with Crippen LogP contribution in [0, 0.1) is 5.82 Å². The number of halogens is 1. The largest absolute Gasteiger partial charge is 0.481 e. The zero-order chi connectivity index (χ0) is 17.5. The van der Waals surface area contributed by atoms with Crippen LogP contribution in [0.15, 0.2) is 42.6 Å². The summed E-state index contributed by atoms with van der Waals surface area (Å²) in [6, 6.07) is 8.35. The topological polar surface area (TPSA) is 68.7 Å². The van der Waals surface area contributed by atoms with E-state index in [1.54, 1.807) is 13.0 Å². The number of benzene rings is 1. The van der Waals surface area contributed by atoms with E-state index >= 15 is 0 Å². The van der Waals surface area contributed by atoms with Gasteiger partial charge >= 0.3 is 5.97 Å². The van der Waals surface area contributed by atoms with E-state index < -0.39 is 17.7 Å². The van der Waals surface area contributed by atoms with Crippen LogP contribution < -0.4 is 9.64 Å². The second kappa shape index (κ2) is 8.05. The van der Waals surface area contributed by atoms with E-state index in [4.69, 9.17) is 9.47 Å². The molecule has 1 amide bonds. The molecule has 2 rings (SSSR count). The first-order chi connectivity index (χ1) is 11.5. The number of aromatic nitrogens is 1. The van der Waals surface area contributed by atoms with Crippen molar-refractivity contribution in [3.05, 3.63) is 54.0 Å². The van der Waals surface area contributed by atoms with E-state index in [-0.39, 0.29) is 18.7 Å². The fourth-order valence-corrected chi connectivity index (χ4v) is 2.02. The zero-order valence-electron chi connectivity index (χ0n) is 13.4. The minimum absolute atomic E-state index is 0.203. The lowest BCUT2D eigenvalue weighted by Gasteiger charge is -2.22. The number of hydrogen-bond acceptors (Lipinski definition) is 5. The van der Waals surface area contributed by atoms with Crippen molar-refractivity contribution < 1.29 is 23.5 Å². The van der Waals surface area contributed by atoms with Gasteiger partial charge in [0, 0.05) is 18.0 Å². The highest BCUT2D eigenvalue weighted by molar-refractivity contribution is 6.08. The number of hydrogen-bond donors (Lipinski definition) is 0. The van der Waals surface area contributed by atoms with Crippen LogP contribution in [0.5, 0.6) is 5.88 Å². The van der Waals surface area contributed by atoms with Gasteiger partial charge in [0.25, 0.3) is 5.91 Å².